The van der Waals surface area contributed by atoms with Crippen LogP contribution in [0.1, 0.15) is 118 Å². The number of quaternary nitrogens is 1. The Morgan fingerprint density at radius 3 is 1.49 bits per heavy atom. The summed E-state index contributed by atoms with van der Waals surface area (Å²) in [6.07, 6.45) is 19.6. The van der Waals surface area contributed by atoms with Crippen molar-refractivity contribution >= 4 is 17.9 Å². The third-order valence-electron chi connectivity index (χ3n) is 7.74. The van der Waals surface area contributed by atoms with Gasteiger partial charge in [-0.25, -0.2) is 0 Å². The van der Waals surface area contributed by atoms with Gasteiger partial charge in [0.15, 0.2) is 0 Å². The molecule has 0 aromatic rings. The van der Waals surface area contributed by atoms with E-state index in [0.29, 0.717) is 49.9 Å². The fraction of sp³-hybridized carbons (Fsp3) is 0.833. The van der Waals surface area contributed by atoms with Gasteiger partial charge in [-0.2, -0.15) is 0 Å². The molecule has 7 nitrogen and oxygen atoms in total. The van der Waals surface area contributed by atoms with Crippen LogP contribution < -0.4 is 5.11 Å². The minimum atomic E-state index is -1.09. The van der Waals surface area contributed by atoms with Crippen LogP contribution in [0.2, 0.25) is 0 Å². The summed E-state index contributed by atoms with van der Waals surface area (Å²) in [5, 5.41) is 30.1. The summed E-state index contributed by atoms with van der Waals surface area (Å²) in [6.45, 7) is 9.58. The third-order valence-corrected chi connectivity index (χ3v) is 7.74. The molecule has 0 rings (SSSR count). The standard InChI is InChI=1S/C30H55NO6/c1-5-6-7-8-9-10-11-12-13-14-15-16-17-21-31(22-18-25(2)28(32)33,23-19-26(3)29(34)35)24-20-27(4)30(36)37/h16-17,25-27H,5-15,18-24H2,1-4H3,(H2-,32,33,34,35,36,37)/b17-16+. The van der Waals surface area contributed by atoms with Gasteiger partial charge in [0.25, 0.3) is 0 Å². The van der Waals surface area contributed by atoms with Crippen LogP contribution in [0.15, 0.2) is 12.2 Å². The molecular weight excluding hydrogens is 470 g/mol. The molecule has 0 aromatic carbocycles. The van der Waals surface area contributed by atoms with Crippen molar-refractivity contribution in [1.82, 2.24) is 0 Å². The smallest absolute Gasteiger partial charge is 0.306 e. The Hall–Kier alpha value is -1.89. The molecule has 3 unspecified atom stereocenters. The van der Waals surface area contributed by atoms with Crippen molar-refractivity contribution in [3.05, 3.63) is 12.2 Å². The summed E-state index contributed by atoms with van der Waals surface area (Å²) < 4.78 is 0.501. The second-order valence-corrected chi connectivity index (χ2v) is 11.2. The monoisotopic (exact) mass is 525 g/mol. The number of carboxylic acid groups (broad SMARTS) is 3. The Morgan fingerprint density at radius 1 is 0.676 bits per heavy atom. The van der Waals surface area contributed by atoms with Gasteiger partial charge in [-0.05, 0) is 18.9 Å². The number of allylic oxidation sites excluding steroid dienone is 1. The average Bonchev–Trinajstić information content (AvgIpc) is 2.86. The molecule has 37 heavy (non-hydrogen) atoms. The van der Waals surface area contributed by atoms with Gasteiger partial charge in [-0.3, -0.25) is 9.59 Å². The first-order valence-electron chi connectivity index (χ1n) is 14.7. The number of hydrogen-bond donors (Lipinski definition) is 2. The lowest BCUT2D eigenvalue weighted by Crippen LogP contribution is -2.52. The van der Waals surface area contributed by atoms with Crippen molar-refractivity contribution in [2.45, 2.75) is 118 Å². The maximum atomic E-state index is 11.4. The van der Waals surface area contributed by atoms with Gasteiger partial charge in [0, 0.05) is 31.1 Å². The molecule has 7 heteroatoms. The predicted molar refractivity (Wildman–Crippen MR) is 147 cm³/mol. The molecule has 0 aliphatic rings. The minimum Gasteiger partial charge on any atom is -0.550 e. The Morgan fingerprint density at radius 2 is 1.08 bits per heavy atom. The third kappa shape index (κ3) is 18.1. The Kier molecular flexibility index (Phi) is 20.0. The quantitative estimate of drug-likeness (QED) is 0.0902. The lowest BCUT2D eigenvalue weighted by molar-refractivity contribution is -0.924. The van der Waals surface area contributed by atoms with Gasteiger partial charge in [0.05, 0.1) is 38.0 Å². The van der Waals surface area contributed by atoms with Gasteiger partial charge < -0.3 is 24.6 Å². The maximum Gasteiger partial charge on any atom is 0.306 e. The van der Waals surface area contributed by atoms with Crippen molar-refractivity contribution in [2.24, 2.45) is 17.8 Å². The van der Waals surface area contributed by atoms with E-state index in [0.717, 1.165) is 12.8 Å². The molecule has 0 saturated heterocycles. The van der Waals surface area contributed by atoms with Gasteiger partial charge in [0.2, 0.25) is 0 Å². The van der Waals surface area contributed by atoms with Crippen LogP contribution in [-0.4, -0.2) is 58.8 Å². The second kappa shape index (κ2) is 21.1. The molecule has 2 N–H and O–H groups in total. The fourth-order valence-corrected chi connectivity index (χ4v) is 4.54. The van der Waals surface area contributed by atoms with Gasteiger partial charge in [0.1, 0.15) is 0 Å². The van der Waals surface area contributed by atoms with Crippen LogP contribution in [0.5, 0.6) is 0 Å². The Labute approximate surface area is 225 Å². The summed E-state index contributed by atoms with van der Waals surface area (Å²) in [5.74, 6) is -4.42. The summed E-state index contributed by atoms with van der Waals surface area (Å²) >= 11 is 0. The van der Waals surface area contributed by atoms with Crippen molar-refractivity contribution in [3.63, 3.8) is 0 Å². The van der Waals surface area contributed by atoms with E-state index < -0.39 is 35.7 Å². The highest BCUT2D eigenvalue weighted by atomic mass is 16.4. The topological polar surface area (TPSA) is 115 Å². The highest BCUT2D eigenvalue weighted by Gasteiger charge is 2.30. The molecule has 0 saturated carbocycles. The summed E-state index contributed by atoms with van der Waals surface area (Å²) in [6, 6.07) is 0. The number of nitrogens with zero attached hydrogens (tertiary/aromatic N) is 1. The largest absolute Gasteiger partial charge is 0.550 e. The highest BCUT2D eigenvalue weighted by molar-refractivity contribution is 5.69. The van der Waals surface area contributed by atoms with E-state index >= 15 is 0 Å². The molecule has 0 aliphatic heterocycles. The molecule has 216 valence electrons. The van der Waals surface area contributed by atoms with E-state index in [2.05, 4.69) is 19.1 Å². The van der Waals surface area contributed by atoms with Crippen LogP contribution in [0.25, 0.3) is 0 Å². The van der Waals surface area contributed by atoms with E-state index in [1.165, 1.54) is 57.8 Å². The van der Waals surface area contributed by atoms with Gasteiger partial charge in [-0.15, -0.1) is 0 Å². The second-order valence-electron chi connectivity index (χ2n) is 11.2. The first-order valence-corrected chi connectivity index (χ1v) is 14.7. The lowest BCUT2D eigenvalue weighted by Gasteiger charge is -2.40. The predicted octanol–water partition coefficient (Wildman–Crippen LogP) is 5.67. The van der Waals surface area contributed by atoms with Crippen LogP contribution >= 0.6 is 0 Å². The minimum absolute atomic E-state index is 0.414. The first kappa shape index (κ1) is 35.1. The molecule has 0 spiro atoms. The normalized spacial score (nSPS) is 15.8. The Balaban J connectivity index is 4.96. The van der Waals surface area contributed by atoms with Crippen molar-refractivity contribution in [1.29, 1.82) is 0 Å². The van der Waals surface area contributed by atoms with E-state index in [1.54, 1.807) is 20.8 Å². The number of aliphatic carboxylic acids is 3. The zero-order chi connectivity index (χ0) is 28.1. The number of carboxylic acids is 3. The zero-order valence-electron chi connectivity index (χ0n) is 24.1. The maximum absolute atomic E-state index is 11.4. The summed E-state index contributed by atoms with van der Waals surface area (Å²) in [7, 11) is 0. The van der Waals surface area contributed by atoms with Crippen LogP contribution in [0.4, 0.5) is 0 Å². The summed E-state index contributed by atoms with van der Waals surface area (Å²) in [5.41, 5.74) is 0. The molecule has 3 atom stereocenters. The zero-order valence-corrected chi connectivity index (χ0v) is 24.1. The number of carbonyl (C=O) groups excluding carboxylic acids is 1. The molecule has 0 aromatic heterocycles. The van der Waals surface area contributed by atoms with E-state index in [9.17, 15) is 29.7 Å². The van der Waals surface area contributed by atoms with E-state index in [-0.39, 0.29) is 0 Å². The number of hydrogen-bond acceptors (Lipinski definition) is 4. The number of rotatable bonds is 25. The molecule has 0 aliphatic carbocycles. The van der Waals surface area contributed by atoms with Crippen LogP contribution in [0.3, 0.4) is 0 Å². The van der Waals surface area contributed by atoms with E-state index in [1.807, 2.05) is 0 Å². The van der Waals surface area contributed by atoms with Crippen molar-refractivity contribution in [2.75, 3.05) is 26.2 Å². The first-order chi connectivity index (χ1) is 17.5. The van der Waals surface area contributed by atoms with Gasteiger partial charge >= 0.3 is 11.9 Å². The molecule has 0 heterocycles. The Bertz CT molecular complexity index is 603. The van der Waals surface area contributed by atoms with Crippen molar-refractivity contribution < 1.29 is 34.2 Å². The molecule has 0 amide bonds. The van der Waals surface area contributed by atoms with Gasteiger partial charge in [-0.1, -0.05) is 91.6 Å². The van der Waals surface area contributed by atoms with Crippen molar-refractivity contribution in [3.8, 4) is 0 Å². The highest BCUT2D eigenvalue weighted by Crippen LogP contribution is 2.20. The molecule has 0 bridgehead atoms. The molecule has 0 radical (unpaired) electrons. The fourth-order valence-electron chi connectivity index (χ4n) is 4.54. The number of carbonyl (C=O) groups is 3. The number of unbranched alkanes of at least 4 members (excludes halogenated alkanes) is 10. The van der Waals surface area contributed by atoms with Crippen LogP contribution in [-0.2, 0) is 14.4 Å². The van der Waals surface area contributed by atoms with E-state index in [4.69, 9.17) is 0 Å². The SMILES string of the molecule is CCCCCCCCCCCC/C=C/C[N+](CCC(C)C(=O)[O-])(CCC(C)C(=O)O)CCC(C)C(=O)O. The molecular formula is C30H55NO6. The van der Waals surface area contributed by atoms with Crippen LogP contribution in [0, 0.1) is 17.8 Å². The molecule has 0 fully saturated rings. The summed E-state index contributed by atoms with van der Waals surface area (Å²) in [4.78, 5) is 34.2. The lowest BCUT2D eigenvalue weighted by atomic mass is 10.0. The average molecular weight is 526 g/mol.